The number of carbonyl (C=O) groups excluding carboxylic acids is 3. The van der Waals surface area contributed by atoms with Gasteiger partial charge in [-0.2, -0.15) is 13.2 Å². The van der Waals surface area contributed by atoms with E-state index in [0.29, 0.717) is 47.8 Å². The third kappa shape index (κ3) is 5.61. The lowest BCUT2D eigenvalue weighted by Gasteiger charge is -2.34. The van der Waals surface area contributed by atoms with Gasteiger partial charge in [-0.1, -0.05) is 51.0 Å². The van der Waals surface area contributed by atoms with Gasteiger partial charge in [-0.05, 0) is 43.4 Å². The Morgan fingerprint density at radius 2 is 1.69 bits per heavy atom. The van der Waals surface area contributed by atoms with Crippen LogP contribution >= 0.6 is 0 Å². The summed E-state index contributed by atoms with van der Waals surface area (Å²) in [4.78, 5) is 45.2. The number of hydrogen-bond acceptors (Lipinski definition) is 4. The van der Waals surface area contributed by atoms with Gasteiger partial charge in [0.05, 0.1) is 23.9 Å². The van der Waals surface area contributed by atoms with Crippen LogP contribution in [0.25, 0.3) is 0 Å². The van der Waals surface area contributed by atoms with Gasteiger partial charge in [-0.3, -0.25) is 15.1 Å². The number of hydrogen-bond donors (Lipinski definition) is 2. The lowest BCUT2D eigenvalue weighted by Crippen LogP contribution is -2.67. The summed E-state index contributed by atoms with van der Waals surface area (Å²) in [7, 11) is 1.47. The molecule has 1 aliphatic heterocycles. The van der Waals surface area contributed by atoms with E-state index in [-0.39, 0.29) is 12.5 Å². The Labute approximate surface area is 226 Å². The van der Waals surface area contributed by atoms with Gasteiger partial charge in [0, 0.05) is 18.2 Å². The van der Waals surface area contributed by atoms with Crippen molar-refractivity contribution in [3.63, 3.8) is 0 Å². The molecule has 10 heteroatoms. The van der Waals surface area contributed by atoms with E-state index >= 15 is 0 Å². The average molecular weight is 544 g/mol. The molecular weight excluding hydrogens is 509 g/mol. The molecule has 1 atom stereocenters. The molecule has 2 N–H and O–H groups in total. The second-order valence-corrected chi connectivity index (χ2v) is 10.8. The van der Waals surface area contributed by atoms with Crippen molar-refractivity contribution in [1.29, 1.82) is 0 Å². The second-order valence-electron chi connectivity index (χ2n) is 10.8. The number of likely N-dealkylation sites (N-methyl/N-ethyl adjacent to an activating group) is 1. The third-order valence-corrected chi connectivity index (χ3v) is 7.65. The summed E-state index contributed by atoms with van der Waals surface area (Å²) >= 11 is 0. The summed E-state index contributed by atoms with van der Waals surface area (Å²) in [5, 5.41) is 5.90. The maximum Gasteiger partial charge on any atom is 0.429 e. The Morgan fingerprint density at radius 1 is 1.05 bits per heavy atom. The standard InChI is InChI=1S/C29H33F3N4O3/c1-19(2)14-17-33-26(38)28(15-6-7-16-28)35-27(39)36(3)23-9-5-4-8-22(23)25(34-18-24(36)37)20-10-12-21(13-11-20)29(30,31)32/h4-5,8-13,19H,6-7,14-18H2,1-3H3,(H-,33,35,38,39)/p+1. The first-order chi connectivity index (χ1) is 18.4. The van der Waals surface area contributed by atoms with Crippen LogP contribution in [0.2, 0.25) is 0 Å². The van der Waals surface area contributed by atoms with E-state index in [1.807, 2.05) is 0 Å². The summed E-state index contributed by atoms with van der Waals surface area (Å²) < 4.78 is 38.6. The minimum Gasteiger partial charge on any atom is -0.354 e. The molecule has 1 aliphatic carbocycles. The zero-order valence-electron chi connectivity index (χ0n) is 22.4. The molecule has 1 saturated carbocycles. The van der Waals surface area contributed by atoms with Crippen LogP contribution in [-0.4, -0.2) is 49.2 Å². The Kier molecular flexibility index (Phi) is 7.97. The maximum absolute atomic E-state index is 14.0. The number of halogens is 3. The number of amides is 4. The molecule has 208 valence electrons. The summed E-state index contributed by atoms with van der Waals surface area (Å²) in [6.07, 6.45) is -1.20. The van der Waals surface area contributed by atoms with Crippen LogP contribution in [0.1, 0.15) is 62.6 Å². The van der Waals surface area contributed by atoms with Gasteiger partial charge in [0.2, 0.25) is 5.91 Å². The number of carbonyl (C=O) groups is 3. The number of urea groups is 1. The number of quaternary nitrogens is 1. The number of para-hydroxylation sites is 1. The highest BCUT2D eigenvalue weighted by Gasteiger charge is 2.51. The van der Waals surface area contributed by atoms with E-state index in [1.54, 1.807) is 24.3 Å². The van der Waals surface area contributed by atoms with Gasteiger partial charge in [0.1, 0.15) is 5.54 Å². The molecule has 4 rings (SSSR count). The number of nitrogens with zero attached hydrogens (tertiary/aromatic N) is 2. The number of nitrogens with one attached hydrogen (secondary N) is 2. The lowest BCUT2D eigenvalue weighted by molar-refractivity contribution is -0.137. The molecule has 1 heterocycles. The number of benzene rings is 2. The Morgan fingerprint density at radius 3 is 2.31 bits per heavy atom. The van der Waals surface area contributed by atoms with E-state index < -0.39 is 33.7 Å². The van der Waals surface area contributed by atoms with E-state index in [4.69, 9.17) is 0 Å². The molecule has 2 aliphatic rings. The van der Waals surface area contributed by atoms with Gasteiger partial charge < -0.3 is 5.32 Å². The zero-order chi connectivity index (χ0) is 28.4. The Bertz CT molecular complexity index is 1280. The minimum absolute atomic E-state index is 0.252. The molecule has 2 aromatic carbocycles. The summed E-state index contributed by atoms with van der Waals surface area (Å²) in [5.74, 6) is -0.359. The molecule has 0 radical (unpaired) electrons. The topological polar surface area (TPSA) is 87.6 Å². The van der Waals surface area contributed by atoms with Crippen LogP contribution in [-0.2, 0) is 15.8 Å². The fourth-order valence-electron chi connectivity index (χ4n) is 5.21. The van der Waals surface area contributed by atoms with E-state index in [0.717, 1.165) is 31.4 Å². The van der Waals surface area contributed by atoms with Crippen molar-refractivity contribution in [2.45, 2.75) is 57.7 Å². The van der Waals surface area contributed by atoms with Crippen molar-refractivity contribution >= 4 is 29.2 Å². The summed E-state index contributed by atoms with van der Waals surface area (Å²) in [6, 6.07) is 10.7. The normalized spacial score (nSPS) is 20.7. The van der Waals surface area contributed by atoms with Gasteiger partial charge in [0.25, 0.3) is 0 Å². The third-order valence-electron chi connectivity index (χ3n) is 7.65. The molecule has 39 heavy (non-hydrogen) atoms. The van der Waals surface area contributed by atoms with Gasteiger partial charge in [-0.25, -0.2) is 9.59 Å². The molecule has 0 aromatic heterocycles. The molecule has 4 amide bonds. The van der Waals surface area contributed by atoms with Gasteiger partial charge in [0.15, 0.2) is 12.2 Å². The van der Waals surface area contributed by atoms with Crippen molar-refractivity contribution in [2.75, 3.05) is 20.1 Å². The first kappa shape index (κ1) is 28.5. The van der Waals surface area contributed by atoms with Crippen molar-refractivity contribution in [3.8, 4) is 0 Å². The van der Waals surface area contributed by atoms with Crippen LogP contribution in [0.3, 0.4) is 0 Å². The van der Waals surface area contributed by atoms with E-state index in [2.05, 4.69) is 29.5 Å². The molecule has 1 unspecified atom stereocenters. The summed E-state index contributed by atoms with van der Waals surface area (Å²) in [6.45, 7) is 4.26. The number of aliphatic imine (C=N–C) groups is 1. The number of imide groups is 1. The minimum atomic E-state index is -4.48. The predicted octanol–water partition coefficient (Wildman–Crippen LogP) is 5.20. The van der Waals surface area contributed by atoms with Gasteiger partial charge in [-0.15, -0.1) is 4.48 Å². The van der Waals surface area contributed by atoms with Crippen LogP contribution in [0.5, 0.6) is 0 Å². The monoisotopic (exact) mass is 543 g/mol. The molecule has 0 spiro atoms. The average Bonchev–Trinajstić information content (AvgIpc) is 3.33. The number of rotatable bonds is 6. The first-order valence-corrected chi connectivity index (χ1v) is 13.2. The number of benzodiazepines with no additional fused rings is 1. The second kappa shape index (κ2) is 10.9. The molecule has 0 saturated heterocycles. The molecular formula is C29H34F3N4O3+. The smallest absolute Gasteiger partial charge is 0.354 e. The van der Waals surface area contributed by atoms with E-state index in [9.17, 15) is 27.6 Å². The maximum atomic E-state index is 14.0. The van der Waals surface area contributed by atoms with Crippen LogP contribution in [0.4, 0.5) is 23.7 Å². The first-order valence-electron chi connectivity index (χ1n) is 13.2. The predicted molar refractivity (Wildman–Crippen MR) is 143 cm³/mol. The Hall–Kier alpha value is -3.53. The SMILES string of the molecule is CC(C)CCNC(=O)C1(NC(=O)[N+]2(C)C(=O)CN=C(c3ccc(C(F)(F)F)cc3)c3ccccc32)CCCC1. The van der Waals surface area contributed by atoms with Gasteiger partial charge >= 0.3 is 18.1 Å². The largest absolute Gasteiger partial charge is 0.429 e. The van der Waals surface area contributed by atoms with Crippen molar-refractivity contribution in [2.24, 2.45) is 10.9 Å². The fraction of sp³-hybridized carbons (Fsp3) is 0.448. The van der Waals surface area contributed by atoms with E-state index in [1.165, 1.54) is 19.2 Å². The highest BCUT2D eigenvalue weighted by molar-refractivity contribution is 6.22. The molecule has 1 fully saturated rings. The van der Waals surface area contributed by atoms with Crippen LogP contribution in [0.15, 0.2) is 53.5 Å². The highest BCUT2D eigenvalue weighted by atomic mass is 19.4. The van der Waals surface area contributed by atoms with Crippen molar-refractivity contribution in [1.82, 2.24) is 15.1 Å². The Balaban J connectivity index is 1.68. The number of alkyl halides is 3. The molecule has 7 nitrogen and oxygen atoms in total. The van der Waals surface area contributed by atoms with Crippen molar-refractivity contribution < 1.29 is 27.6 Å². The van der Waals surface area contributed by atoms with Crippen LogP contribution < -0.4 is 15.1 Å². The molecule has 2 aromatic rings. The lowest BCUT2D eigenvalue weighted by atomic mass is 9.95. The van der Waals surface area contributed by atoms with Crippen LogP contribution in [0, 0.1) is 5.92 Å². The highest BCUT2D eigenvalue weighted by Crippen LogP contribution is 2.35. The zero-order valence-corrected chi connectivity index (χ0v) is 22.4. The summed E-state index contributed by atoms with van der Waals surface area (Å²) in [5.41, 5.74) is -0.391. The quantitative estimate of drug-likeness (QED) is 0.491. The fourth-order valence-corrected chi connectivity index (χ4v) is 5.21. The number of fused-ring (bicyclic) bond motifs is 1. The van der Waals surface area contributed by atoms with Crippen molar-refractivity contribution in [3.05, 3.63) is 65.2 Å². The molecule has 0 bridgehead atoms.